The van der Waals surface area contributed by atoms with Crippen molar-refractivity contribution < 1.29 is 35.9 Å². The summed E-state index contributed by atoms with van der Waals surface area (Å²) < 4.78 is 77.9. The van der Waals surface area contributed by atoms with E-state index in [0.29, 0.717) is 48.4 Å². The Bertz CT molecular complexity index is 1490. The standard InChI is InChI=1S/C29H29F3N2O5S.C3H8.C2H6/c1-3-24(27-25(38-2)17-23(39-28(27)35)14-12-19-8-5-4-6-9-19)20-10-7-11-22(16-20)34-40(36,37)26-15-13-21(18-33-26)29(30,31)32;1-3-2;1-2/h4-11,13,15-16,18,23-24,34H,3,12,14,17H2,1-2H3;3H2,1-2H3;1-2H3. The van der Waals surface area contributed by atoms with Crippen molar-refractivity contribution >= 4 is 21.7 Å². The van der Waals surface area contributed by atoms with E-state index in [4.69, 9.17) is 9.47 Å². The fourth-order valence-electron chi connectivity index (χ4n) is 4.69. The smallest absolute Gasteiger partial charge is 0.417 e. The molecule has 0 aliphatic carbocycles. The first-order valence-electron chi connectivity index (χ1n) is 15.1. The highest BCUT2D eigenvalue weighted by Gasteiger charge is 2.35. The summed E-state index contributed by atoms with van der Waals surface area (Å²) >= 11 is 0. The van der Waals surface area contributed by atoms with Gasteiger partial charge in [0, 0.05) is 24.2 Å². The van der Waals surface area contributed by atoms with E-state index in [1.165, 1.54) is 19.6 Å². The van der Waals surface area contributed by atoms with Crippen molar-refractivity contribution in [2.24, 2.45) is 0 Å². The molecule has 1 aliphatic rings. The Hall–Kier alpha value is -3.86. The Kier molecular flexibility index (Phi) is 14.6. The number of carbonyl (C=O) groups excluding carboxylic acids is 1. The van der Waals surface area contributed by atoms with E-state index in [0.717, 1.165) is 18.1 Å². The van der Waals surface area contributed by atoms with Crippen LogP contribution in [0.5, 0.6) is 0 Å². The maximum atomic E-state index is 13.2. The molecule has 0 saturated heterocycles. The lowest BCUT2D eigenvalue weighted by atomic mass is 9.85. The zero-order valence-corrected chi connectivity index (χ0v) is 27.5. The Morgan fingerprint density at radius 1 is 1.02 bits per heavy atom. The number of nitrogens with zero attached hydrogens (tertiary/aromatic N) is 1. The number of carbonyl (C=O) groups is 1. The van der Waals surface area contributed by atoms with Gasteiger partial charge in [0.25, 0.3) is 10.0 Å². The molecule has 2 unspecified atom stereocenters. The second-order valence-corrected chi connectivity index (χ2v) is 11.7. The summed E-state index contributed by atoms with van der Waals surface area (Å²) in [5.74, 6) is -0.389. The first-order chi connectivity index (χ1) is 21.4. The number of esters is 1. The lowest BCUT2D eigenvalue weighted by Crippen LogP contribution is -2.30. The normalized spacial score (nSPS) is 15.5. The number of halogens is 3. The number of aryl methyl sites for hydroxylation is 1. The third-order valence-corrected chi connectivity index (χ3v) is 7.98. The van der Waals surface area contributed by atoms with E-state index >= 15 is 0 Å². The van der Waals surface area contributed by atoms with Gasteiger partial charge in [0.05, 0.1) is 18.2 Å². The second-order valence-electron chi connectivity index (χ2n) is 10.1. The van der Waals surface area contributed by atoms with Crippen LogP contribution in [0.3, 0.4) is 0 Å². The van der Waals surface area contributed by atoms with Gasteiger partial charge < -0.3 is 9.47 Å². The second kappa shape index (κ2) is 17.6. The van der Waals surface area contributed by atoms with Gasteiger partial charge in [0.15, 0.2) is 5.03 Å². The average Bonchev–Trinajstić information content (AvgIpc) is 3.02. The zero-order chi connectivity index (χ0) is 33.6. The summed E-state index contributed by atoms with van der Waals surface area (Å²) in [7, 11) is -2.76. The number of aromatic nitrogens is 1. The van der Waals surface area contributed by atoms with E-state index in [2.05, 4.69) is 23.6 Å². The van der Waals surface area contributed by atoms with Crippen LogP contribution in [0.25, 0.3) is 0 Å². The molecule has 0 bridgehead atoms. The number of rotatable bonds is 10. The van der Waals surface area contributed by atoms with Gasteiger partial charge in [0.2, 0.25) is 0 Å². The fraction of sp³-hybridized carbons (Fsp3) is 0.412. The van der Waals surface area contributed by atoms with Gasteiger partial charge in [-0.25, -0.2) is 9.78 Å². The van der Waals surface area contributed by atoms with Crippen molar-refractivity contribution in [3.05, 3.63) is 101 Å². The molecule has 11 heteroatoms. The minimum atomic E-state index is -4.63. The molecule has 2 aromatic carbocycles. The van der Waals surface area contributed by atoms with Crippen molar-refractivity contribution in [2.75, 3.05) is 11.8 Å². The summed E-state index contributed by atoms with van der Waals surface area (Å²) in [6.45, 7) is 10.1. The summed E-state index contributed by atoms with van der Waals surface area (Å²) in [6.07, 6.45) is -0.934. The predicted molar refractivity (Wildman–Crippen MR) is 170 cm³/mol. The third kappa shape index (κ3) is 10.6. The summed E-state index contributed by atoms with van der Waals surface area (Å²) in [4.78, 5) is 16.7. The monoisotopic (exact) mass is 648 g/mol. The minimum absolute atomic E-state index is 0.169. The molecule has 0 fully saturated rings. The van der Waals surface area contributed by atoms with Crippen molar-refractivity contribution in [3.63, 3.8) is 0 Å². The van der Waals surface area contributed by atoms with E-state index < -0.39 is 38.7 Å². The van der Waals surface area contributed by atoms with Crippen LogP contribution in [0.1, 0.15) is 82.9 Å². The molecule has 45 heavy (non-hydrogen) atoms. The van der Waals surface area contributed by atoms with E-state index in [1.54, 1.807) is 18.2 Å². The number of sulfonamides is 1. The Labute approximate surface area is 264 Å². The highest BCUT2D eigenvalue weighted by atomic mass is 32.2. The number of alkyl halides is 3. The van der Waals surface area contributed by atoms with Crippen molar-refractivity contribution in [1.82, 2.24) is 4.98 Å². The van der Waals surface area contributed by atoms with Crippen molar-refractivity contribution in [2.45, 2.75) is 89.9 Å². The maximum absolute atomic E-state index is 13.2. The zero-order valence-electron chi connectivity index (χ0n) is 26.6. The lowest BCUT2D eigenvalue weighted by Gasteiger charge is -2.30. The molecule has 0 radical (unpaired) electrons. The lowest BCUT2D eigenvalue weighted by molar-refractivity contribution is -0.147. The van der Waals surface area contributed by atoms with Crippen molar-refractivity contribution in [1.29, 1.82) is 0 Å². The van der Waals surface area contributed by atoms with Crippen molar-refractivity contribution in [3.8, 4) is 0 Å². The molecule has 7 nitrogen and oxygen atoms in total. The van der Waals surface area contributed by atoms with Crippen LogP contribution >= 0.6 is 0 Å². The SMILES string of the molecule is CC.CCC.CCC(C1=C(OC)CC(CCc2ccccc2)OC1=O)c1cccc(NS(=O)(=O)c2ccc(C(F)(F)F)cn2)c1. The number of cyclic esters (lactones) is 1. The van der Waals surface area contributed by atoms with Crippen LogP contribution in [-0.4, -0.2) is 32.6 Å². The summed E-state index contributed by atoms with van der Waals surface area (Å²) in [6, 6.07) is 17.8. The average molecular weight is 649 g/mol. The van der Waals surface area contributed by atoms with E-state index in [-0.39, 0.29) is 11.8 Å². The quantitative estimate of drug-likeness (QED) is 0.221. The summed E-state index contributed by atoms with van der Waals surface area (Å²) in [5, 5.41) is -0.556. The molecule has 246 valence electrons. The topological polar surface area (TPSA) is 94.6 Å². The van der Waals surface area contributed by atoms with Gasteiger partial charge in [-0.3, -0.25) is 4.72 Å². The molecule has 0 amide bonds. The van der Waals surface area contributed by atoms with Crippen LogP contribution in [0.4, 0.5) is 18.9 Å². The molecule has 1 aliphatic heterocycles. The maximum Gasteiger partial charge on any atom is 0.417 e. The number of pyridine rings is 1. The molecule has 4 rings (SSSR count). The molecular formula is C34H43F3N2O5S. The molecular weight excluding hydrogens is 605 g/mol. The van der Waals surface area contributed by atoms with Crippen LogP contribution in [0.15, 0.2) is 89.3 Å². The fourth-order valence-corrected chi connectivity index (χ4v) is 5.67. The van der Waals surface area contributed by atoms with Gasteiger partial charge in [-0.1, -0.05) is 83.5 Å². The first kappa shape index (κ1) is 37.3. The van der Waals surface area contributed by atoms with Gasteiger partial charge in [-0.2, -0.15) is 21.6 Å². The number of benzene rings is 2. The molecule has 1 aromatic heterocycles. The van der Waals surface area contributed by atoms with Crippen LogP contribution in [0, 0.1) is 0 Å². The number of methoxy groups -OCH3 is 1. The highest BCUT2D eigenvalue weighted by molar-refractivity contribution is 7.92. The number of hydrogen-bond donors (Lipinski definition) is 1. The van der Waals surface area contributed by atoms with Gasteiger partial charge in [-0.05, 0) is 54.7 Å². The third-order valence-electron chi connectivity index (χ3n) is 6.69. The number of hydrogen-bond acceptors (Lipinski definition) is 6. The Morgan fingerprint density at radius 3 is 2.24 bits per heavy atom. The van der Waals surface area contributed by atoms with Crippen LogP contribution in [0.2, 0.25) is 0 Å². The molecule has 2 heterocycles. The molecule has 0 saturated carbocycles. The van der Waals surface area contributed by atoms with Crippen LogP contribution < -0.4 is 4.72 Å². The number of anilines is 1. The highest BCUT2D eigenvalue weighted by Crippen LogP contribution is 2.37. The largest absolute Gasteiger partial charge is 0.500 e. The van der Waals surface area contributed by atoms with Gasteiger partial charge >= 0.3 is 12.1 Å². The van der Waals surface area contributed by atoms with E-state index in [1.807, 2.05) is 51.1 Å². The minimum Gasteiger partial charge on any atom is -0.500 e. The summed E-state index contributed by atoms with van der Waals surface area (Å²) in [5.41, 5.74) is 1.28. The Balaban J connectivity index is 0.00000133. The Morgan fingerprint density at radius 2 is 1.69 bits per heavy atom. The molecule has 0 spiro atoms. The molecule has 3 aromatic rings. The predicted octanol–water partition coefficient (Wildman–Crippen LogP) is 8.69. The number of nitrogens with one attached hydrogen (secondary N) is 1. The van der Waals surface area contributed by atoms with E-state index in [9.17, 15) is 26.4 Å². The van der Waals surface area contributed by atoms with Crippen LogP contribution in [-0.2, 0) is 36.9 Å². The first-order valence-corrected chi connectivity index (χ1v) is 16.6. The molecule has 2 atom stereocenters. The molecule has 1 N–H and O–H groups in total. The van der Waals surface area contributed by atoms with Gasteiger partial charge in [-0.15, -0.1) is 0 Å². The number of ether oxygens (including phenoxy) is 2. The van der Waals surface area contributed by atoms with Gasteiger partial charge in [0.1, 0.15) is 11.9 Å².